The Balaban J connectivity index is 1.95. The monoisotopic (exact) mass is 361 g/mol. The molecule has 1 aliphatic heterocycles. The number of methoxy groups -OCH3 is 1. The van der Waals surface area contributed by atoms with E-state index in [9.17, 15) is 22.8 Å². The Morgan fingerprint density at radius 3 is 2.52 bits per heavy atom. The summed E-state index contributed by atoms with van der Waals surface area (Å²) >= 11 is 0. The highest BCUT2D eigenvalue weighted by molar-refractivity contribution is 5.77. The number of rotatable bonds is 1. The van der Waals surface area contributed by atoms with Gasteiger partial charge >= 0.3 is 12.1 Å². The molecule has 0 N–H and O–H groups in total. The van der Waals surface area contributed by atoms with Gasteiger partial charge in [0.2, 0.25) is 5.91 Å². The predicted molar refractivity (Wildman–Crippen MR) is 84.4 cm³/mol. The van der Waals surface area contributed by atoms with Crippen molar-refractivity contribution in [3.63, 3.8) is 0 Å². The molecule has 0 spiro atoms. The van der Waals surface area contributed by atoms with Crippen LogP contribution in [0, 0.1) is 29.1 Å². The molecule has 4 nitrogen and oxygen atoms in total. The van der Waals surface area contributed by atoms with E-state index >= 15 is 0 Å². The molecular weight excluding hydrogens is 335 g/mol. The van der Waals surface area contributed by atoms with Crippen molar-refractivity contribution in [2.45, 2.75) is 57.7 Å². The Morgan fingerprint density at radius 2 is 1.92 bits per heavy atom. The van der Waals surface area contributed by atoms with Gasteiger partial charge in [-0.15, -0.1) is 0 Å². The molecular formula is C18H26F3NO3. The number of carbonyl (C=O) groups excluding carboxylic acids is 2. The maximum atomic E-state index is 13.5. The molecule has 2 aliphatic carbocycles. The average molecular weight is 361 g/mol. The number of halogens is 3. The Bertz CT molecular complexity index is 564. The summed E-state index contributed by atoms with van der Waals surface area (Å²) in [7, 11) is 2.96. The van der Waals surface area contributed by atoms with Crippen LogP contribution < -0.4 is 0 Å². The van der Waals surface area contributed by atoms with Gasteiger partial charge in [0.05, 0.1) is 18.9 Å². The Hall–Kier alpha value is -1.27. The Labute approximate surface area is 146 Å². The highest BCUT2D eigenvalue weighted by Crippen LogP contribution is 2.60. The molecule has 7 heteroatoms. The first kappa shape index (κ1) is 18.5. The summed E-state index contributed by atoms with van der Waals surface area (Å²) in [6, 6.07) is 0.0516. The second kappa shape index (κ2) is 6.16. The fraction of sp³-hybridized carbons (Fsp3) is 0.889. The first-order chi connectivity index (χ1) is 11.6. The predicted octanol–water partition coefficient (Wildman–Crippen LogP) is 3.40. The number of hydrogen-bond acceptors (Lipinski definition) is 3. The summed E-state index contributed by atoms with van der Waals surface area (Å²) in [6.45, 7) is 2.10. The van der Waals surface area contributed by atoms with Crippen molar-refractivity contribution < 1.29 is 27.5 Å². The Morgan fingerprint density at radius 1 is 1.24 bits per heavy atom. The zero-order valence-corrected chi connectivity index (χ0v) is 14.9. The van der Waals surface area contributed by atoms with Crippen molar-refractivity contribution in [1.29, 1.82) is 0 Å². The standard InChI is InChI=1S/C18H26F3NO3/c1-17-9-8-14(23)22(2)13(17)7-4-10-11(17)5-6-12(18(19,20)21)15(10)16(24)25-3/h10-13,15H,4-9H2,1-3H3/t10-,11+,12?,13-,15?,17-/m1/s1. The zero-order valence-electron chi connectivity index (χ0n) is 14.9. The fourth-order valence-electron chi connectivity index (χ4n) is 5.98. The molecule has 142 valence electrons. The van der Waals surface area contributed by atoms with Crippen molar-refractivity contribution in [2.24, 2.45) is 29.1 Å². The van der Waals surface area contributed by atoms with Crippen LogP contribution in [-0.4, -0.2) is 43.2 Å². The number of ether oxygens (including phenoxy) is 1. The van der Waals surface area contributed by atoms with Gasteiger partial charge in [0.1, 0.15) is 0 Å². The van der Waals surface area contributed by atoms with Gasteiger partial charge in [0, 0.05) is 19.5 Å². The molecule has 1 saturated heterocycles. The second-order valence-corrected chi connectivity index (χ2v) is 8.15. The van der Waals surface area contributed by atoms with E-state index in [-0.39, 0.29) is 35.6 Å². The lowest BCUT2D eigenvalue weighted by Gasteiger charge is -2.59. The van der Waals surface area contributed by atoms with E-state index in [1.54, 1.807) is 11.9 Å². The van der Waals surface area contributed by atoms with Crippen molar-refractivity contribution in [3.8, 4) is 0 Å². The molecule has 3 fully saturated rings. The summed E-state index contributed by atoms with van der Waals surface area (Å²) in [5.74, 6) is -3.68. The first-order valence-corrected chi connectivity index (χ1v) is 9.01. The van der Waals surface area contributed by atoms with Gasteiger partial charge in [-0.05, 0) is 49.4 Å². The van der Waals surface area contributed by atoms with Crippen LogP contribution in [0.25, 0.3) is 0 Å². The number of hydrogen-bond donors (Lipinski definition) is 0. The molecule has 3 aliphatic rings. The number of alkyl halides is 3. The fourth-order valence-corrected chi connectivity index (χ4v) is 5.98. The van der Waals surface area contributed by atoms with E-state index in [0.29, 0.717) is 32.1 Å². The smallest absolute Gasteiger partial charge is 0.392 e. The van der Waals surface area contributed by atoms with Crippen molar-refractivity contribution in [3.05, 3.63) is 0 Å². The average Bonchev–Trinajstić information content (AvgIpc) is 2.56. The highest BCUT2D eigenvalue weighted by Gasteiger charge is 2.61. The van der Waals surface area contributed by atoms with Gasteiger partial charge in [0.25, 0.3) is 0 Å². The summed E-state index contributed by atoms with van der Waals surface area (Å²) in [6.07, 6.45) is -1.67. The van der Waals surface area contributed by atoms with Crippen LogP contribution in [0.15, 0.2) is 0 Å². The van der Waals surface area contributed by atoms with Crippen molar-refractivity contribution >= 4 is 11.9 Å². The van der Waals surface area contributed by atoms with Crippen molar-refractivity contribution in [1.82, 2.24) is 4.90 Å². The van der Waals surface area contributed by atoms with E-state index in [2.05, 4.69) is 6.92 Å². The number of carbonyl (C=O) groups is 2. The van der Waals surface area contributed by atoms with Gasteiger partial charge in [-0.3, -0.25) is 9.59 Å². The number of likely N-dealkylation sites (tertiary alicyclic amines) is 1. The van der Waals surface area contributed by atoms with Crippen LogP contribution in [-0.2, 0) is 14.3 Å². The van der Waals surface area contributed by atoms with E-state index in [4.69, 9.17) is 4.74 Å². The maximum absolute atomic E-state index is 13.5. The van der Waals surface area contributed by atoms with Crippen LogP contribution in [0.1, 0.15) is 45.4 Å². The van der Waals surface area contributed by atoms with Gasteiger partial charge in [-0.25, -0.2) is 0 Å². The molecule has 1 amide bonds. The minimum atomic E-state index is -4.39. The summed E-state index contributed by atoms with van der Waals surface area (Å²) in [5, 5.41) is 0. The second-order valence-electron chi connectivity index (χ2n) is 8.15. The van der Waals surface area contributed by atoms with E-state index in [0.717, 1.165) is 0 Å². The third-order valence-corrected chi connectivity index (χ3v) is 7.21. The SMILES string of the molecule is COC(=O)C1C(C(F)(F)F)CC[C@H]2[C@H]1CC[C@H]1N(C)C(=O)CC[C@]21C. The number of amides is 1. The molecule has 25 heavy (non-hydrogen) atoms. The quantitative estimate of drug-likeness (QED) is 0.673. The van der Waals surface area contributed by atoms with E-state index in [1.165, 1.54) is 7.11 Å². The summed E-state index contributed by atoms with van der Waals surface area (Å²) in [5.41, 5.74) is -0.228. The van der Waals surface area contributed by atoms with Crippen LogP contribution in [0.4, 0.5) is 13.2 Å². The van der Waals surface area contributed by atoms with Crippen LogP contribution in [0.2, 0.25) is 0 Å². The molecule has 2 saturated carbocycles. The Kier molecular flexibility index (Phi) is 4.57. The van der Waals surface area contributed by atoms with Crippen LogP contribution in [0.5, 0.6) is 0 Å². The molecule has 0 bridgehead atoms. The summed E-state index contributed by atoms with van der Waals surface area (Å²) in [4.78, 5) is 26.1. The number of fused-ring (bicyclic) bond motifs is 3. The van der Waals surface area contributed by atoms with E-state index in [1.807, 2.05) is 0 Å². The number of nitrogens with zero attached hydrogens (tertiary/aromatic N) is 1. The van der Waals surface area contributed by atoms with Crippen LogP contribution >= 0.6 is 0 Å². The zero-order chi connectivity index (χ0) is 18.6. The number of esters is 1. The molecule has 1 heterocycles. The lowest BCUT2D eigenvalue weighted by Crippen LogP contribution is -2.62. The lowest BCUT2D eigenvalue weighted by molar-refractivity contribution is -0.226. The molecule has 0 aromatic rings. The molecule has 2 unspecified atom stereocenters. The molecule has 0 aromatic heterocycles. The molecule has 0 aromatic carbocycles. The molecule has 6 atom stereocenters. The minimum Gasteiger partial charge on any atom is -0.469 e. The van der Waals surface area contributed by atoms with Gasteiger partial charge in [-0.1, -0.05) is 6.92 Å². The first-order valence-electron chi connectivity index (χ1n) is 9.01. The maximum Gasteiger partial charge on any atom is 0.392 e. The van der Waals surface area contributed by atoms with Crippen LogP contribution in [0.3, 0.4) is 0 Å². The van der Waals surface area contributed by atoms with E-state index < -0.39 is 24.0 Å². The summed E-state index contributed by atoms with van der Waals surface area (Å²) < 4.78 is 45.4. The third kappa shape index (κ3) is 2.83. The van der Waals surface area contributed by atoms with Gasteiger partial charge in [0.15, 0.2) is 0 Å². The van der Waals surface area contributed by atoms with Gasteiger partial charge < -0.3 is 9.64 Å². The highest BCUT2D eigenvalue weighted by atomic mass is 19.4. The molecule has 0 radical (unpaired) electrons. The van der Waals surface area contributed by atoms with Crippen molar-refractivity contribution in [2.75, 3.05) is 14.2 Å². The van der Waals surface area contributed by atoms with Gasteiger partial charge in [-0.2, -0.15) is 13.2 Å². The topological polar surface area (TPSA) is 46.6 Å². The lowest BCUT2D eigenvalue weighted by atomic mass is 9.49. The largest absolute Gasteiger partial charge is 0.469 e. The third-order valence-electron chi connectivity index (χ3n) is 7.21. The minimum absolute atomic E-state index is 0.0181. The normalized spacial score (nSPS) is 41.8. The molecule has 3 rings (SSSR count). The number of piperidine rings is 1.